The van der Waals surface area contributed by atoms with Crippen LogP contribution in [0, 0.1) is 5.82 Å². The van der Waals surface area contributed by atoms with Crippen molar-refractivity contribution in [2.24, 2.45) is 0 Å². The van der Waals surface area contributed by atoms with Crippen LogP contribution < -0.4 is 10.1 Å². The van der Waals surface area contributed by atoms with E-state index in [0.717, 1.165) is 16.7 Å². The van der Waals surface area contributed by atoms with E-state index in [-0.39, 0.29) is 10.7 Å². The molecule has 9 heteroatoms. The molecule has 0 unspecified atom stereocenters. The molecular formula is C23H18FN3O4S. The maximum Gasteiger partial charge on any atom is 0.294 e. The number of carbonyl (C=O) groups excluding carboxylic acids is 3. The molecule has 32 heavy (non-hydrogen) atoms. The van der Waals surface area contributed by atoms with Crippen molar-refractivity contribution < 1.29 is 23.5 Å². The Balaban J connectivity index is 1.47. The second kappa shape index (κ2) is 9.11. The number of nitrogens with one attached hydrogen (secondary N) is 1. The van der Waals surface area contributed by atoms with E-state index in [1.165, 1.54) is 19.2 Å². The summed E-state index contributed by atoms with van der Waals surface area (Å²) in [5.41, 5.74) is 1.88. The van der Waals surface area contributed by atoms with Crippen LogP contribution in [0.25, 0.3) is 11.8 Å². The molecular weight excluding hydrogens is 433 g/mol. The second-order valence-corrected chi connectivity index (χ2v) is 7.82. The number of anilines is 1. The molecule has 2 aromatic carbocycles. The summed E-state index contributed by atoms with van der Waals surface area (Å²) in [5.74, 6) is -0.744. The molecule has 3 aromatic rings. The summed E-state index contributed by atoms with van der Waals surface area (Å²) in [6.45, 7) is -0.396. The zero-order chi connectivity index (χ0) is 22.7. The van der Waals surface area contributed by atoms with Gasteiger partial charge in [0.1, 0.15) is 18.1 Å². The van der Waals surface area contributed by atoms with Crippen LogP contribution in [0.1, 0.15) is 5.69 Å². The van der Waals surface area contributed by atoms with Gasteiger partial charge in [-0.15, -0.1) is 0 Å². The van der Waals surface area contributed by atoms with Gasteiger partial charge in [0.05, 0.1) is 12.0 Å². The van der Waals surface area contributed by atoms with E-state index in [2.05, 4.69) is 5.32 Å². The predicted molar refractivity (Wildman–Crippen MR) is 120 cm³/mol. The van der Waals surface area contributed by atoms with Crippen molar-refractivity contribution in [2.75, 3.05) is 19.0 Å². The molecule has 0 atom stereocenters. The monoisotopic (exact) mass is 451 g/mol. The minimum Gasteiger partial charge on any atom is -0.497 e. The third-order valence-electron chi connectivity index (χ3n) is 4.71. The lowest BCUT2D eigenvalue weighted by Gasteiger charge is -2.12. The maximum atomic E-state index is 13.2. The summed E-state index contributed by atoms with van der Waals surface area (Å²) in [7, 11) is 1.54. The van der Waals surface area contributed by atoms with Gasteiger partial charge in [0, 0.05) is 23.3 Å². The van der Waals surface area contributed by atoms with E-state index >= 15 is 0 Å². The molecule has 1 N–H and O–H groups in total. The smallest absolute Gasteiger partial charge is 0.294 e. The Labute approximate surface area is 187 Å². The van der Waals surface area contributed by atoms with E-state index in [0.29, 0.717) is 22.8 Å². The van der Waals surface area contributed by atoms with Gasteiger partial charge in [-0.3, -0.25) is 19.3 Å². The highest BCUT2D eigenvalue weighted by Crippen LogP contribution is 2.32. The van der Waals surface area contributed by atoms with Crippen LogP contribution in [0.2, 0.25) is 0 Å². The molecule has 4 rings (SSSR count). The standard InChI is InChI=1S/C23H18FN3O4S/c1-31-19-10-6-16(7-11-19)25-21(28)14-27-22(29)20(32-23(27)30)13-18-3-2-12-26(18)17-8-4-15(24)5-9-17/h2-13H,14H2,1H3,(H,25,28)/b20-13+. The molecule has 1 aliphatic rings. The van der Waals surface area contributed by atoms with Crippen molar-refractivity contribution in [3.63, 3.8) is 0 Å². The molecule has 0 radical (unpaired) electrons. The predicted octanol–water partition coefficient (Wildman–Crippen LogP) is 4.30. The highest BCUT2D eigenvalue weighted by molar-refractivity contribution is 8.18. The van der Waals surface area contributed by atoms with Crippen LogP contribution in [-0.4, -0.2) is 40.2 Å². The van der Waals surface area contributed by atoms with Gasteiger partial charge in [-0.2, -0.15) is 0 Å². The third-order valence-corrected chi connectivity index (χ3v) is 5.62. The molecule has 0 aliphatic carbocycles. The Morgan fingerprint density at radius 1 is 1.09 bits per heavy atom. The first-order valence-electron chi connectivity index (χ1n) is 9.57. The van der Waals surface area contributed by atoms with Gasteiger partial charge in [0.2, 0.25) is 5.91 Å². The first-order valence-corrected chi connectivity index (χ1v) is 10.4. The SMILES string of the molecule is COc1ccc(NC(=O)CN2C(=O)S/C(=C/c3cccn3-c3ccc(F)cc3)C2=O)cc1. The number of nitrogens with zero attached hydrogens (tertiary/aromatic N) is 2. The van der Waals surface area contributed by atoms with Crippen LogP contribution in [0.5, 0.6) is 5.75 Å². The van der Waals surface area contributed by atoms with Crippen molar-refractivity contribution in [1.29, 1.82) is 0 Å². The number of halogens is 1. The Morgan fingerprint density at radius 2 is 1.81 bits per heavy atom. The summed E-state index contributed by atoms with van der Waals surface area (Å²) in [6, 6.07) is 16.2. The minimum atomic E-state index is -0.545. The highest BCUT2D eigenvalue weighted by Gasteiger charge is 2.36. The lowest BCUT2D eigenvalue weighted by Crippen LogP contribution is -2.36. The third kappa shape index (κ3) is 4.57. The molecule has 0 spiro atoms. The Bertz CT molecular complexity index is 1200. The number of thioether (sulfide) groups is 1. The fourth-order valence-corrected chi connectivity index (χ4v) is 3.96. The number of ether oxygens (including phenoxy) is 1. The van der Waals surface area contributed by atoms with Gasteiger partial charge < -0.3 is 14.6 Å². The molecule has 0 saturated carbocycles. The molecule has 1 saturated heterocycles. The summed E-state index contributed by atoms with van der Waals surface area (Å²) >= 11 is 0.768. The fraction of sp³-hybridized carbons (Fsp3) is 0.0870. The maximum absolute atomic E-state index is 13.2. The van der Waals surface area contributed by atoms with E-state index < -0.39 is 23.6 Å². The molecule has 1 aromatic heterocycles. The quantitative estimate of drug-likeness (QED) is 0.565. The van der Waals surface area contributed by atoms with Crippen LogP contribution >= 0.6 is 11.8 Å². The number of methoxy groups -OCH3 is 1. The summed E-state index contributed by atoms with van der Waals surface area (Å²) < 4.78 is 20.1. The van der Waals surface area contributed by atoms with Crippen molar-refractivity contribution in [3.05, 3.63) is 83.3 Å². The average Bonchev–Trinajstić information content (AvgIpc) is 3.35. The second-order valence-electron chi connectivity index (χ2n) is 6.82. The largest absolute Gasteiger partial charge is 0.497 e. The van der Waals surface area contributed by atoms with Crippen LogP contribution in [-0.2, 0) is 9.59 Å². The Kier molecular flexibility index (Phi) is 6.09. The van der Waals surface area contributed by atoms with Gasteiger partial charge in [-0.1, -0.05) is 0 Å². The zero-order valence-electron chi connectivity index (χ0n) is 16.9. The molecule has 1 aliphatic heterocycles. The van der Waals surface area contributed by atoms with Crippen LogP contribution in [0.4, 0.5) is 14.9 Å². The number of imide groups is 1. The summed E-state index contributed by atoms with van der Waals surface area (Å²) in [4.78, 5) is 38.6. The zero-order valence-corrected chi connectivity index (χ0v) is 17.8. The van der Waals surface area contributed by atoms with Gasteiger partial charge >= 0.3 is 0 Å². The molecule has 162 valence electrons. The van der Waals surface area contributed by atoms with Crippen molar-refractivity contribution in [3.8, 4) is 11.4 Å². The number of carbonyl (C=O) groups is 3. The van der Waals surface area contributed by atoms with Gasteiger partial charge in [0.15, 0.2) is 0 Å². The number of amides is 3. The topological polar surface area (TPSA) is 80.6 Å². The fourth-order valence-electron chi connectivity index (χ4n) is 3.14. The number of aromatic nitrogens is 1. The molecule has 7 nitrogen and oxygen atoms in total. The van der Waals surface area contributed by atoms with Crippen LogP contribution in [0.15, 0.2) is 71.8 Å². The van der Waals surface area contributed by atoms with Gasteiger partial charge in [-0.25, -0.2) is 4.39 Å². The Hall–Kier alpha value is -3.85. The van der Waals surface area contributed by atoms with E-state index in [1.807, 2.05) is 0 Å². The lowest BCUT2D eigenvalue weighted by molar-refractivity contribution is -0.127. The van der Waals surface area contributed by atoms with Gasteiger partial charge in [-0.05, 0) is 78.5 Å². The number of hydrogen-bond donors (Lipinski definition) is 1. The Morgan fingerprint density at radius 3 is 2.50 bits per heavy atom. The van der Waals surface area contributed by atoms with Crippen LogP contribution in [0.3, 0.4) is 0 Å². The summed E-state index contributed by atoms with van der Waals surface area (Å²) in [5, 5.41) is 2.13. The van der Waals surface area contributed by atoms with Crippen molar-refractivity contribution in [2.45, 2.75) is 0 Å². The van der Waals surface area contributed by atoms with E-state index in [4.69, 9.17) is 4.74 Å². The first kappa shape index (κ1) is 21.4. The van der Waals surface area contributed by atoms with E-state index in [9.17, 15) is 18.8 Å². The molecule has 1 fully saturated rings. The minimum absolute atomic E-state index is 0.203. The molecule has 3 amide bonds. The highest BCUT2D eigenvalue weighted by atomic mass is 32.2. The first-order chi connectivity index (χ1) is 15.4. The number of rotatable bonds is 6. The molecule has 2 heterocycles. The van der Waals surface area contributed by atoms with E-state index in [1.54, 1.807) is 65.4 Å². The molecule has 0 bridgehead atoms. The van der Waals surface area contributed by atoms with Gasteiger partial charge in [0.25, 0.3) is 11.1 Å². The lowest BCUT2D eigenvalue weighted by atomic mass is 10.3. The normalized spacial score (nSPS) is 14.8. The number of hydrogen-bond acceptors (Lipinski definition) is 5. The van der Waals surface area contributed by atoms with Crippen molar-refractivity contribution in [1.82, 2.24) is 9.47 Å². The average molecular weight is 451 g/mol. The van der Waals surface area contributed by atoms with Crippen molar-refractivity contribution >= 4 is 40.6 Å². The summed E-state index contributed by atoms with van der Waals surface area (Å²) in [6.07, 6.45) is 3.35. The number of benzene rings is 2.